The summed E-state index contributed by atoms with van der Waals surface area (Å²) < 4.78 is 0. The Morgan fingerprint density at radius 1 is 0.508 bits per heavy atom. The van der Waals surface area contributed by atoms with E-state index in [9.17, 15) is 0 Å². The molecule has 11 atom stereocenters. The van der Waals surface area contributed by atoms with Crippen LogP contribution in [0, 0.1) is 81.0 Å². The first-order valence-corrected chi connectivity index (χ1v) is 27.1. The number of piperazine rings is 3. The van der Waals surface area contributed by atoms with Crippen LogP contribution < -0.4 is 14.7 Å². The molecule has 3 aromatic rings. The third-order valence-corrected chi connectivity index (χ3v) is 19.4. The first-order chi connectivity index (χ1) is 31.7. The van der Waals surface area contributed by atoms with Crippen LogP contribution in [0.2, 0.25) is 5.02 Å². The van der Waals surface area contributed by atoms with Gasteiger partial charge in [-0.3, -0.25) is 14.7 Å². The molecule has 65 heavy (non-hydrogen) atoms. The number of hydrogen-bond donors (Lipinski definition) is 0. The summed E-state index contributed by atoms with van der Waals surface area (Å²) in [5, 5.41) is 0.833. The normalized spacial score (nSPS) is 34.9. The highest BCUT2D eigenvalue weighted by molar-refractivity contribution is 6.30. The molecule has 8 bridgehead atoms. The number of benzene rings is 3. The highest BCUT2D eigenvalue weighted by Crippen LogP contribution is 2.59. The largest absolute Gasteiger partial charge is 0.369 e. The van der Waals surface area contributed by atoms with Crippen molar-refractivity contribution in [1.29, 1.82) is 0 Å². The summed E-state index contributed by atoms with van der Waals surface area (Å²) in [4.78, 5) is 16.1. The van der Waals surface area contributed by atoms with Crippen LogP contribution in [0.15, 0.2) is 72.8 Å². The van der Waals surface area contributed by atoms with Gasteiger partial charge in [-0.25, -0.2) is 0 Å². The molecule has 14 rings (SSSR count). The van der Waals surface area contributed by atoms with Gasteiger partial charge in [-0.1, -0.05) is 54.4 Å². The lowest BCUT2D eigenvalue weighted by Gasteiger charge is -2.45. The van der Waals surface area contributed by atoms with E-state index < -0.39 is 0 Å². The summed E-state index contributed by atoms with van der Waals surface area (Å²) in [5.74, 6) is 9.09. The van der Waals surface area contributed by atoms with E-state index >= 15 is 0 Å². The van der Waals surface area contributed by atoms with Crippen LogP contribution in [-0.4, -0.2) is 112 Å². The van der Waals surface area contributed by atoms with Gasteiger partial charge in [0.25, 0.3) is 0 Å². The van der Waals surface area contributed by atoms with Crippen LogP contribution >= 0.6 is 11.6 Å². The van der Waals surface area contributed by atoms with Crippen LogP contribution in [-0.2, 0) is 0 Å². The van der Waals surface area contributed by atoms with E-state index in [2.05, 4.69) is 118 Å². The molecule has 11 unspecified atom stereocenters. The Morgan fingerprint density at radius 2 is 1.12 bits per heavy atom. The first-order valence-electron chi connectivity index (χ1n) is 26.7. The Morgan fingerprint density at radius 3 is 1.71 bits per heavy atom. The summed E-state index contributed by atoms with van der Waals surface area (Å²) in [7, 11) is 0. The fourth-order valence-corrected chi connectivity index (χ4v) is 16.0. The number of rotatable bonds is 7. The third kappa shape index (κ3) is 9.55. The molecule has 0 aromatic heterocycles. The molecule has 7 heteroatoms. The Bertz CT molecular complexity index is 2110. The number of allylic oxidation sites excluding steroid dienone is 2. The van der Waals surface area contributed by atoms with Crippen molar-refractivity contribution in [3.63, 3.8) is 0 Å². The fourth-order valence-electron chi connectivity index (χ4n) is 15.9. The minimum atomic E-state index is 0.833. The molecular formula is C58H81ClN6. The maximum absolute atomic E-state index is 6.01. The maximum atomic E-state index is 6.01. The summed E-state index contributed by atoms with van der Waals surface area (Å²) in [6.07, 6.45) is 20.1. The fraction of sp³-hybridized carbons (Fsp3) is 0.655. The van der Waals surface area contributed by atoms with Gasteiger partial charge in [-0.15, -0.1) is 0 Å². The van der Waals surface area contributed by atoms with E-state index in [0.29, 0.717) is 0 Å². The van der Waals surface area contributed by atoms with E-state index in [0.717, 1.165) is 70.4 Å². The first kappa shape index (κ1) is 44.5. The van der Waals surface area contributed by atoms with Gasteiger partial charge in [0.2, 0.25) is 0 Å². The van der Waals surface area contributed by atoms with Crippen LogP contribution in [0.25, 0.3) is 0 Å². The molecule has 3 aromatic carbocycles. The molecule has 3 saturated heterocycles. The molecule has 6 nitrogen and oxygen atoms in total. The second-order valence-corrected chi connectivity index (χ2v) is 23.6. The second kappa shape index (κ2) is 19.2. The Balaban J connectivity index is 0.000000108. The van der Waals surface area contributed by atoms with Crippen molar-refractivity contribution >= 4 is 28.7 Å². The van der Waals surface area contributed by atoms with Gasteiger partial charge in [-0.2, -0.15) is 0 Å². The zero-order chi connectivity index (χ0) is 44.2. The average Bonchev–Trinajstić information content (AvgIpc) is 4.21. The zero-order valence-electron chi connectivity index (χ0n) is 40.6. The van der Waals surface area contributed by atoms with E-state index in [-0.39, 0.29) is 0 Å². The van der Waals surface area contributed by atoms with Crippen molar-refractivity contribution in [2.45, 2.75) is 104 Å². The van der Waals surface area contributed by atoms with E-state index in [4.69, 9.17) is 11.6 Å². The zero-order valence-corrected chi connectivity index (χ0v) is 41.4. The van der Waals surface area contributed by atoms with Gasteiger partial charge >= 0.3 is 0 Å². The lowest BCUT2D eigenvalue weighted by Crippen LogP contribution is -2.54. The van der Waals surface area contributed by atoms with Crippen molar-refractivity contribution in [2.24, 2.45) is 53.3 Å². The molecular weight excluding hydrogens is 816 g/mol. The average molecular weight is 898 g/mol. The van der Waals surface area contributed by atoms with Gasteiger partial charge in [0, 0.05) is 119 Å². The molecule has 10 fully saturated rings. The van der Waals surface area contributed by atoms with Gasteiger partial charge < -0.3 is 14.7 Å². The lowest BCUT2D eigenvalue weighted by molar-refractivity contribution is 0.0817. The lowest BCUT2D eigenvalue weighted by atomic mass is 9.78. The van der Waals surface area contributed by atoms with Crippen molar-refractivity contribution in [1.82, 2.24) is 14.7 Å². The van der Waals surface area contributed by atoms with Crippen LogP contribution in [0.1, 0.15) is 86.5 Å². The molecule has 0 N–H and O–H groups in total. The molecule has 0 radical (unpaired) electrons. The monoisotopic (exact) mass is 897 g/mol. The number of fused-ring (bicyclic) bond motifs is 4. The minimum Gasteiger partial charge on any atom is -0.369 e. The molecule has 8 aliphatic carbocycles. The predicted molar refractivity (Wildman–Crippen MR) is 274 cm³/mol. The molecule has 3 aliphatic heterocycles. The number of anilines is 3. The topological polar surface area (TPSA) is 19.4 Å². The van der Waals surface area contributed by atoms with E-state index in [1.54, 1.807) is 19.3 Å². The minimum absolute atomic E-state index is 0.833. The molecule has 350 valence electrons. The van der Waals surface area contributed by atoms with Crippen molar-refractivity contribution in [2.75, 3.05) is 99.8 Å². The van der Waals surface area contributed by atoms with Crippen LogP contribution in [0.3, 0.4) is 0 Å². The van der Waals surface area contributed by atoms with Gasteiger partial charge in [0.15, 0.2) is 0 Å². The van der Waals surface area contributed by atoms with Crippen LogP contribution in [0.4, 0.5) is 17.1 Å². The van der Waals surface area contributed by atoms with Crippen LogP contribution in [0.5, 0.6) is 0 Å². The number of nitrogens with zero attached hydrogens (tertiary/aromatic N) is 6. The third-order valence-electron chi connectivity index (χ3n) is 19.1. The van der Waals surface area contributed by atoms with Crippen molar-refractivity contribution in [3.8, 4) is 0 Å². The highest BCUT2D eigenvalue weighted by Gasteiger charge is 2.55. The summed E-state index contributed by atoms with van der Waals surface area (Å²) >= 11 is 6.01. The Kier molecular flexibility index (Phi) is 13.1. The Hall–Kier alpha value is -3.03. The molecule has 0 amide bonds. The van der Waals surface area contributed by atoms with Gasteiger partial charge in [0.1, 0.15) is 0 Å². The maximum Gasteiger partial charge on any atom is 0.0407 e. The van der Waals surface area contributed by atoms with Gasteiger partial charge in [0.05, 0.1) is 0 Å². The Labute approximate surface area is 398 Å². The quantitative estimate of drug-likeness (QED) is 0.219. The SMILES string of the molecule is Cc1ccc(C)c(N2CCN(C3CC4CCC3C4)CC2)c1.Cc1ccc(C)c(N2CCN(CC3CC4C=CC3C4)CC2)c1.Clc1ccc(N2CCN(C3C4CC5CC(C4)C3C5)CC2)cc1. The van der Waals surface area contributed by atoms with E-state index in [1.807, 2.05) is 12.1 Å². The summed E-state index contributed by atoms with van der Waals surface area (Å²) in [5.41, 5.74) is 9.83. The molecule has 0 spiro atoms. The second-order valence-electron chi connectivity index (χ2n) is 23.2. The van der Waals surface area contributed by atoms with Crippen molar-refractivity contribution < 1.29 is 0 Å². The number of aryl methyl sites for hydroxylation is 4. The molecule has 11 aliphatic rings. The smallest absolute Gasteiger partial charge is 0.0407 e. The predicted octanol–water partition coefficient (Wildman–Crippen LogP) is 11.1. The van der Waals surface area contributed by atoms with Gasteiger partial charge in [-0.05, 0) is 197 Å². The van der Waals surface area contributed by atoms with Crippen molar-refractivity contribution in [3.05, 3.63) is 100 Å². The number of hydrogen-bond acceptors (Lipinski definition) is 6. The highest BCUT2D eigenvalue weighted by atomic mass is 35.5. The molecule has 3 heterocycles. The number of halogens is 1. The van der Waals surface area contributed by atoms with E-state index in [1.165, 1.54) is 169 Å². The summed E-state index contributed by atoms with van der Waals surface area (Å²) in [6.45, 7) is 24.8. The standard InChI is InChI=1S/C20H28N2.C19H25ClN2.C19H28N2/c1-15-3-4-16(2)20(11-15)22-9-7-21(8-10-22)14-19-13-17-5-6-18(19)12-17;20-16-1-3-17(4-2-16)21-5-7-22(8-6-21)19-15-10-13-9-14(12-15)18(19)11-13;1-14-3-4-15(2)18(11-14)20-7-9-21(10-8-20)19-13-16-5-6-17(19)12-16/h3-6,11,17-19H,7-10,12-14H2,1-2H3;1-4,13-15,18-19H,5-12H2;3-4,11,16-17,19H,5-10,12-13H2,1-2H3. The molecule has 7 saturated carbocycles. The summed E-state index contributed by atoms with van der Waals surface area (Å²) in [6, 6.07) is 23.9.